The smallest absolute Gasteiger partial charge is 0.275 e. The van der Waals surface area contributed by atoms with Gasteiger partial charge in [-0.1, -0.05) is 11.6 Å². The predicted molar refractivity (Wildman–Crippen MR) is 93.2 cm³/mol. The SMILES string of the molecule is COc1cc(NS(=O)(=O)c2cc(Cl)c(C)c([N+](=O)[O-])c2)cc(OC)c1. The van der Waals surface area contributed by atoms with Crippen molar-refractivity contribution >= 4 is 33.0 Å². The van der Waals surface area contributed by atoms with Crippen LogP contribution in [0.2, 0.25) is 5.02 Å². The molecule has 0 saturated carbocycles. The minimum atomic E-state index is -4.11. The van der Waals surface area contributed by atoms with Crippen LogP contribution in [0.25, 0.3) is 0 Å². The normalized spacial score (nSPS) is 11.0. The molecule has 8 nitrogen and oxygen atoms in total. The van der Waals surface area contributed by atoms with E-state index in [4.69, 9.17) is 21.1 Å². The molecule has 0 aliphatic carbocycles. The average molecular weight is 387 g/mol. The highest BCUT2D eigenvalue weighted by Gasteiger charge is 2.23. The summed E-state index contributed by atoms with van der Waals surface area (Å²) in [5, 5.41) is 11.1. The molecule has 0 amide bonds. The number of nitrogens with one attached hydrogen (secondary N) is 1. The summed E-state index contributed by atoms with van der Waals surface area (Å²) in [5.74, 6) is 0.759. The first-order valence-corrected chi connectivity index (χ1v) is 8.74. The van der Waals surface area contributed by atoms with Crippen molar-refractivity contribution in [1.29, 1.82) is 0 Å². The number of benzene rings is 2. The van der Waals surface area contributed by atoms with Crippen LogP contribution >= 0.6 is 11.6 Å². The lowest BCUT2D eigenvalue weighted by molar-refractivity contribution is -0.385. The van der Waals surface area contributed by atoms with Crippen LogP contribution in [-0.2, 0) is 10.0 Å². The second-order valence-electron chi connectivity index (χ2n) is 5.01. The molecule has 0 heterocycles. The molecule has 2 rings (SSSR count). The Morgan fingerprint density at radius 1 is 1.08 bits per heavy atom. The van der Waals surface area contributed by atoms with Crippen molar-refractivity contribution in [3.63, 3.8) is 0 Å². The molecule has 2 aromatic rings. The Balaban J connectivity index is 2.48. The summed E-state index contributed by atoms with van der Waals surface area (Å²) < 4.78 is 37.6. The highest BCUT2D eigenvalue weighted by molar-refractivity contribution is 7.92. The van der Waals surface area contributed by atoms with Crippen molar-refractivity contribution < 1.29 is 22.8 Å². The van der Waals surface area contributed by atoms with Gasteiger partial charge in [0.25, 0.3) is 15.7 Å². The molecule has 0 aromatic heterocycles. The van der Waals surface area contributed by atoms with Gasteiger partial charge in [-0.3, -0.25) is 14.8 Å². The van der Waals surface area contributed by atoms with Gasteiger partial charge >= 0.3 is 0 Å². The topological polar surface area (TPSA) is 108 Å². The van der Waals surface area contributed by atoms with Crippen molar-refractivity contribution in [2.75, 3.05) is 18.9 Å². The molecule has 0 spiro atoms. The lowest BCUT2D eigenvalue weighted by atomic mass is 10.2. The Labute approximate surface area is 149 Å². The average Bonchev–Trinajstić information content (AvgIpc) is 2.55. The van der Waals surface area contributed by atoms with E-state index in [1.165, 1.54) is 33.3 Å². The molecule has 25 heavy (non-hydrogen) atoms. The van der Waals surface area contributed by atoms with Gasteiger partial charge in [-0.05, 0) is 13.0 Å². The third kappa shape index (κ3) is 4.12. The summed E-state index contributed by atoms with van der Waals surface area (Å²) >= 11 is 5.93. The Morgan fingerprint density at radius 3 is 2.12 bits per heavy atom. The number of nitro benzene ring substituents is 1. The van der Waals surface area contributed by atoms with Gasteiger partial charge in [0.2, 0.25) is 0 Å². The predicted octanol–water partition coefficient (Wildman–Crippen LogP) is 3.37. The zero-order valence-electron chi connectivity index (χ0n) is 13.6. The molecule has 0 fully saturated rings. The Bertz CT molecular complexity index is 908. The van der Waals surface area contributed by atoms with E-state index in [0.717, 1.165) is 12.1 Å². The van der Waals surface area contributed by atoms with Crippen LogP contribution < -0.4 is 14.2 Å². The number of hydrogen-bond acceptors (Lipinski definition) is 6. The molecule has 0 atom stereocenters. The molecule has 10 heteroatoms. The minimum absolute atomic E-state index is 0.0159. The molecule has 0 radical (unpaired) electrons. The second-order valence-corrected chi connectivity index (χ2v) is 7.10. The maximum Gasteiger partial charge on any atom is 0.275 e. The Hall–Kier alpha value is -2.52. The van der Waals surface area contributed by atoms with E-state index in [-0.39, 0.29) is 26.9 Å². The second kappa shape index (κ2) is 7.16. The largest absolute Gasteiger partial charge is 0.497 e. The van der Waals surface area contributed by atoms with E-state index in [0.29, 0.717) is 11.5 Å². The highest BCUT2D eigenvalue weighted by Crippen LogP contribution is 2.32. The van der Waals surface area contributed by atoms with Crippen LogP contribution in [0.4, 0.5) is 11.4 Å². The van der Waals surface area contributed by atoms with E-state index in [1.807, 2.05) is 0 Å². The summed E-state index contributed by atoms with van der Waals surface area (Å²) in [6.45, 7) is 1.44. The van der Waals surface area contributed by atoms with Crippen LogP contribution in [0, 0.1) is 17.0 Å². The van der Waals surface area contributed by atoms with E-state index in [9.17, 15) is 18.5 Å². The van der Waals surface area contributed by atoms with Gasteiger partial charge < -0.3 is 9.47 Å². The number of ether oxygens (including phenoxy) is 2. The number of sulfonamides is 1. The van der Waals surface area contributed by atoms with Crippen LogP contribution in [0.15, 0.2) is 35.2 Å². The summed E-state index contributed by atoms with van der Waals surface area (Å²) in [7, 11) is -1.26. The van der Waals surface area contributed by atoms with Gasteiger partial charge in [-0.2, -0.15) is 0 Å². The first-order chi connectivity index (χ1) is 11.7. The first kappa shape index (κ1) is 18.8. The molecule has 0 aliphatic heterocycles. The van der Waals surface area contributed by atoms with Crippen molar-refractivity contribution in [2.24, 2.45) is 0 Å². The summed E-state index contributed by atoms with van der Waals surface area (Å²) in [5.41, 5.74) is -0.0136. The maximum absolute atomic E-state index is 12.6. The standard InChI is InChI=1S/C15H15ClN2O6S/c1-9-14(16)7-13(8-15(9)18(19)20)25(21,22)17-10-4-11(23-2)6-12(5-10)24-3/h4-8,17H,1-3H3. The molecular formula is C15H15ClN2O6S. The zero-order valence-corrected chi connectivity index (χ0v) is 15.1. The minimum Gasteiger partial charge on any atom is -0.497 e. The number of halogens is 1. The maximum atomic E-state index is 12.6. The first-order valence-electron chi connectivity index (χ1n) is 6.88. The summed E-state index contributed by atoms with van der Waals surface area (Å²) in [4.78, 5) is 10.1. The fraction of sp³-hybridized carbons (Fsp3) is 0.200. The van der Waals surface area contributed by atoms with E-state index in [1.54, 1.807) is 6.07 Å². The third-order valence-electron chi connectivity index (χ3n) is 3.40. The molecule has 134 valence electrons. The van der Waals surface area contributed by atoms with Crippen LogP contribution in [0.3, 0.4) is 0 Å². The molecule has 0 aliphatic rings. The van der Waals surface area contributed by atoms with Gasteiger partial charge in [0.05, 0.1) is 34.7 Å². The quantitative estimate of drug-likeness (QED) is 0.602. The van der Waals surface area contributed by atoms with Crippen molar-refractivity contribution in [1.82, 2.24) is 0 Å². The summed E-state index contributed by atoms with van der Waals surface area (Å²) in [6.07, 6.45) is 0. The molecule has 0 bridgehead atoms. The van der Waals surface area contributed by atoms with Crippen LogP contribution in [0.5, 0.6) is 11.5 Å². The lowest BCUT2D eigenvalue weighted by Crippen LogP contribution is -2.14. The number of nitrogens with zero attached hydrogens (tertiary/aromatic N) is 1. The zero-order chi connectivity index (χ0) is 18.8. The van der Waals surface area contributed by atoms with Crippen molar-refractivity contribution in [2.45, 2.75) is 11.8 Å². The summed E-state index contributed by atoms with van der Waals surface area (Å²) in [6, 6.07) is 6.59. The van der Waals surface area contributed by atoms with Crippen molar-refractivity contribution in [3.05, 3.63) is 51.0 Å². The van der Waals surface area contributed by atoms with Gasteiger partial charge in [0.1, 0.15) is 11.5 Å². The van der Waals surface area contributed by atoms with E-state index < -0.39 is 14.9 Å². The van der Waals surface area contributed by atoms with Crippen molar-refractivity contribution in [3.8, 4) is 11.5 Å². The number of rotatable bonds is 6. The van der Waals surface area contributed by atoms with Gasteiger partial charge in [0.15, 0.2) is 0 Å². The van der Waals surface area contributed by atoms with Gasteiger partial charge in [-0.25, -0.2) is 8.42 Å². The van der Waals surface area contributed by atoms with E-state index in [2.05, 4.69) is 4.72 Å². The third-order valence-corrected chi connectivity index (χ3v) is 5.15. The Kier molecular flexibility index (Phi) is 5.39. The molecule has 2 aromatic carbocycles. The number of anilines is 1. The lowest BCUT2D eigenvalue weighted by Gasteiger charge is -2.12. The Morgan fingerprint density at radius 2 is 1.64 bits per heavy atom. The van der Waals surface area contributed by atoms with Crippen LogP contribution in [-0.4, -0.2) is 27.6 Å². The van der Waals surface area contributed by atoms with Crippen LogP contribution in [0.1, 0.15) is 5.56 Å². The molecule has 1 N–H and O–H groups in total. The fourth-order valence-electron chi connectivity index (χ4n) is 2.07. The molecular weight excluding hydrogens is 372 g/mol. The highest BCUT2D eigenvalue weighted by atomic mass is 35.5. The van der Waals surface area contributed by atoms with E-state index >= 15 is 0 Å². The fourth-order valence-corrected chi connectivity index (χ4v) is 3.43. The number of hydrogen-bond donors (Lipinski definition) is 1. The van der Waals surface area contributed by atoms with Gasteiger partial charge in [0, 0.05) is 29.8 Å². The monoisotopic (exact) mass is 386 g/mol. The molecule has 0 unspecified atom stereocenters. The number of methoxy groups -OCH3 is 2. The van der Waals surface area contributed by atoms with Gasteiger partial charge in [-0.15, -0.1) is 0 Å². The molecule has 0 saturated heterocycles. The number of nitro groups is 1.